The zero-order valence-corrected chi connectivity index (χ0v) is 15.8. The van der Waals surface area contributed by atoms with Crippen LogP contribution in [0.3, 0.4) is 0 Å². The Morgan fingerprint density at radius 3 is 2.56 bits per heavy atom. The summed E-state index contributed by atoms with van der Waals surface area (Å²) in [5.74, 6) is -0.168. The molecule has 1 aliphatic rings. The molecule has 1 aromatic carbocycles. The van der Waals surface area contributed by atoms with Crippen LogP contribution < -0.4 is 5.32 Å². The Hall–Kier alpha value is -1.70. The quantitative estimate of drug-likeness (QED) is 0.718. The van der Waals surface area contributed by atoms with Crippen molar-refractivity contribution in [2.45, 2.75) is 31.6 Å². The molecule has 7 heteroatoms. The van der Waals surface area contributed by atoms with Gasteiger partial charge >= 0.3 is 0 Å². The number of hydrogen-bond acceptors (Lipinski definition) is 4. The molecule has 0 atom stereocenters. The van der Waals surface area contributed by atoms with Gasteiger partial charge in [-0.15, -0.1) is 0 Å². The lowest BCUT2D eigenvalue weighted by Gasteiger charge is -2.20. The van der Waals surface area contributed by atoms with Crippen molar-refractivity contribution in [1.29, 1.82) is 0 Å². The first-order valence-electron chi connectivity index (χ1n) is 8.59. The van der Waals surface area contributed by atoms with E-state index < -0.39 is 10.0 Å². The minimum Gasteiger partial charge on any atom is -0.325 e. The fourth-order valence-corrected chi connectivity index (χ4v) is 4.44. The summed E-state index contributed by atoms with van der Waals surface area (Å²) >= 11 is 0. The predicted molar refractivity (Wildman–Crippen MR) is 100.0 cm³/mol. The maximum absolute atomic E-state index is 12.6. The standard InChI is InChI=1S/C18H27N3O3S/c1-4-20(13-15(2)3)14-18(22)19-16-8-7-9-17(12-16)25(23,24)21-10-5-6-11-21/h7-9,12H,2,4-6,10-11,13-14H2,1,3H3,(H,19,22). The fraction of sp³-hybridized carbons (Fsp3) is 0.500. The van der Waals surface area contributed by atoms with E-state index in [-0.39, 0.29) is 17.3 Å². The van der Waals surface area contributed by atoms with Crippen LogP contribution in [0.2, 0.25) is 0 Å². The average molecular weight is 365 g/mol. The lowest BCUT2D eigenvalue weighted by atomic mass is 10.3. The van der Waals surface area contributed by atoms with Gasteiger partial charge in [-0.1, -0.05) is 25.1 Å². The van der Waals surface area contributed by atoms with Crippen LogP contribution in [0.5, 0.6) is 0 Å². The number of anilines is 1. The highest BCUT2D eigenvalue weighted by atomic mass is 32.2. The van der Waals surface area contributed by atoms with Crippen molar-refractivity contribution in [2.75, 3.05) is 38.0 Å². The second kappa shape index (κ2) is 8.60. The van der Waals surface area contributed by atoms with Crippen LogP contribution in [0.1, 0.15) is 26.7 Å². The van der Waals surface area contributed by atoms with E-state index in [1.807, 2.05) is 18.7 Å². The number of hydrogen-bond donors (Lipinski definition) is 1. The molecule has 0 bridgehead atoms. The Morgan fingerprint density at radius 2 is 1.96 bits per heavy atom. The maximum atomic E-state index is 12.6. The lowest BCUT2D eigenvalue weighted by molar-refractivity contribution is -0.117. The number of sulfonamides is 1. The Bertz CT molecular complexity index is 725. The summed E-state index contributed by atoms with van der Waals surface area (Å²) in [6.45, 7) is 10.5. The minimum absolute atomic E-state index is 0.168. The monoisotopic (exact) mass is 365 g/mol. The van der Waals surface area contributed by atoms with Gasteiger partial charge in [0.15, 0.2) is 0 Å². The average Bonchev–Trinajstić information content (AvgIpc) is 3.09. The van der Waals surface area contributed by atoms with Crippen molar-refractivity contribution in [3.05, 3.63) is 36.4 Å². The Morgan fingerprint density at radius 1 is 1.28 bits per heavy atom. The van der Waals surface area contributed by atoms with Crippen molar-refractivity contribution in [3.63, 3.8) is 0 Å². The van der Waals surface area contributed by atoms with Gasteiger partial charge in [0.1, 0.15) is 0 Å². The van der Waals surface area contributed by atoms with Gasteiger partial charge in [-0.3, -0.25) is 9.69 Å². The Balaban J connectivity index is 2.06. The first-order valence-corrected chi connectivity index (χ1v) is 10.0. The normalized spacial score (nSPS) is 15.5. The largest absolute Gasteiger partial charge is 0.325 e. The van der Waals surface area contributed by atoms with Gasteiger partial charge in [0.25, 0.3) is 0 Å². The third kappa shape index (κ3) is 5.39. The highest BCUT2D eigenvalue weighted by Crippen LogP contribution is 2.23. The summed E-state index contributed by atoms with van der Waals surface area (Å²) in [7, 11) is -3.48. The van der Waals surface area contributed by atoms with E-state index in [1.165, 1.54) is 10.4 Å². The molecule has 1 aromatic rings. The summed E-state index contributed by atoms with van der Waals surface area (Å²) in [6.07, 6.45) is 1.79. The summed E-state index contributed by atoms with van der Waals surface area (Å²) in [5, 5.41) is 2.79. The fourth-order valence-electron chi connectivity index (χ4n) is 2.88. The van der Waals surface area contributed by atoms with Crippen molar-refractivity contribution >= 4 is 21.6 Å². The second-order valence-corrected chi connectivity index (χ2v) is 8.39. The molecule has 0 spiro atoms. The molecule has 0 radical (unpaired) electrons. The van der Waals surface area contributed by atoms with Gasteiger partial charge in [-0.2, -0.15) is 4.31 Å². The second-order valence-electron chi connectivity index (χ2n) is 6.45. The summed E-state index contributed by atoms with van der Waals surface area (Å²) in [4.78, 5) is 14.4. The SMILES string of the molecule is C=C(C)CN(CC)CC(=O)Nc1cccc(S(=O)(=O)N2CCCC2)c1. The molecule has 1 N–H and O–H groups in total. The van der Waals surface area contributed by atoms with Crippen LogP contribution in [0.15, 0.2) is 41.3 Å². The van der Waals surface area contributed by atoms with Crippen molar-refractivity contribution in [1.82, 2.24) is 9.21 Å². The number of likely N-dealkylation sites (N-methyl/N-ethyl adjacent to an activating group) is 1. The molecule has 2 rings (SSSR count). The molecule has 1 aliphatic heterocycles. The number of nitrogens with zero attached hydrogens (tertiary/aromatic N) is 2. The van der Waals surface area contributed by atoms with Crippen LogP contribution in [0.25, 0.3) is 0 Å². The van der Waals surface area contributed by atoms with Crippen molar-refractivity contribution in [2.24, 2.45) is 0 Å². The van der Waals surface area contributed by atoms with E-state index in [0.29, 0.717) is 25.3 Å². The number of nitrogens with one attached hydrogen (secondary N) is 1. The number of carbonyl (C=O) groups excluding carboxylic acids is 1. The molecular weight excluding hydrogens is 338 g/mol. The van der Waals surface area contributed by atoms with E-state index in [0.717, 1.165) is 25.0 Å². The first kappa shape index (κ1) is 19.6. The first-order chi connectivity index (χ1) is 11.8. The predicted octanol–water partition coefficient (Wildman–Crippen LogP) is 2.31. The smallest absolute Gasteiger partial charge is 0.243 e. The van der Waals surface area contributed by atoms with Crippen molar-refractivity contribution < 1.29 is 13.2 Å². The zero-order chi connectivity index (χ0) is 18.4. The number of benzene rings is 1. The molecule has 138 valence electrons. The van der Waals surface area contributed by atoms with Gasteiger partial charge in [-0.05, 0) is 44.5 Å². The summed E-state index contributed by atoms with van der Waals surface area (Å²) in [6, 6.07) is 6.46. The van der Waals surface area contributed by atoms with Gasteiger partial charge < -0.3 is 5.32 Å². The number of amides is 1. The third-order valence-corrected chi connectivity index (χ3v) is 6.02. The zero-order valence-electron chi connectivity index (χ0n) is 15.0. The van der Waals surface area contributed by atoms with Gasteiger partial charge in [0, 0.05) is 25.3 Å². The van der Waals surface area contributed by atoms with E-state index in [2.05, 4.69) is 11.9 Å². The topological polar surface area (TPSA) is 69.7 Å². The number of rotatable bonds is 8. The van der Waals surface area contributed by atoms with Crippen LogP contribution in [0.4, 0.5) is 5.69 Å². The lowest BCUT2D eigenvalue weighted by Crippen LogP contribution is -2.34. The molecule has 6 nitrogen and oxygen atoms in total. The molecule has 25 heavy (non-hydrogen) atoms. The maximum Gasteiger partial charge on any atom is 0.243 e. The molecule has 0 aromatic heterocycles. The number of carbonyl (C=O) groups is 1. The Kier molecular flexibility index (Phi) is 6.75. The van der Waals surface area contributed by atoms with Gasteiger partial charge in [0.05, 0.1) is 11.4 Å². The van der Waals surface area contributed by atoms with Crippen LogP contribution in [-0.2, 0) is 14.8 Å². The molecule has 1 saturated heterocycles. The van der Waals surface area contributed by atoms with E-state index in [4.69, 9.17) is 0 Å². The highest BCUT2D eigenvalue weighted by molar-refractivity contribution is 7.89. The third-order valence-electron chi connectivity index (χ3n) is 4.13. The van der Waals surface area contributed by atoms with Crippen LogP contribution in [0, 0.1) is 0 Å². The molecule has 1 fully saturated rings. The van der Waals surface area contributed by atoms with Crippen LogP contribution in [-0.4, -0.2) is 56.3 Å². The molecule has 0 unspecified atom stereocenters. The van der Waals surface area contributed by atoms with Gasteiger partial charge in [-0.25, -0.2) is 8.42 Å². The van der Waals surface area contributed by atoms with E-state index >= 15 is 0 Å². The molecule has 0 saturated carbocycles. The highest BCUT2D eigenvalue weighted by Gasteiger charge is 2.27. The van der Waals surface area contributed by atoms with E-state index in [1.54, 1.807) is 18.2 Å². The summed E-state index contributed by atoms with van der Waals surface area (Å²) < 4.78 is 26.7. The van der Waals surface area contributed by atoms with Crippen molar-refractivity contribution in [3.8, 4) is 0 Å². The molecule has 1 amide bonds. The van der Waals surface area contributed by atoms with Gasteiger partial charge in [0.2, 0.25) is 15.9 Å². The Labute approximate surface area is 150 Å². The molecule has 1 heterocycles. The molecule has 0 aliphatic carbocycles. The van der Waals surface area contributed by atoms with Crippen LogP contribution >= 0.6 is 0 Å². The summed E-state index contributed by atoms with van der Waals surface area (Å²) in [5.41, 5.74) is 1.49. The molecular formula is C18H27N3O3S. The minimum atomic E-state index is -3.48. The van der Waals surface area contributed by atoms with E-state index in [9.17, 15) is 13.2 Å².